The van der Waals surface area contributed by atoms with E-state index >= 15 is 0 Å². The first-order valence-electron chi connectivity index (χ1n) is 5.37. The molecular formula is C12H9BO4S. The molecule has 0 radical (unpaired) electrons. The van der Waals surface area contributed by atoms with Gasteiger partial charge in [-0.3, -0.25) is 0 Å². The molecule has 90 valence electrons. The van der Waals surface area contributed by atoms with Crippen LogP contribution in [0.5, 0.6) is 0 Å². The molecule has 2 aromatic carbocycles. The zero-order valence-corrected chi connectivity index (χ0v) is 10.1. The predicted octanol–water partition coefficient (Wildman–Crippen LogP) is 0.180. The van der Waals surface area contributed by atoms with Crippen molar-refractivity contribution in [2.75, 3.05) is 0 Å². The summed E-state index contributed by atoms with van der Waals surface area (Å²) in [5.74, 6) is 0. The van der Waals surface area contributed by atoms with E-state index in [1.54, 1.807) is 30.3 Å². The molecule has 0 aliphatic carbocycles. The van der Waals surface area contributed by atoms with Crippen LogP contribution in [0.15, 0.2) is 52.3 Å². The third-order valence-electron chi connectivity index (χ3n) is 3.06. The van der Waals surface area contributed by atoms with Crippen LogP contribution < -0.4 is 5.46 Å². The lowest BCUT2D eigenvalue weighted by Crippen LogP contribution is -2.33. The smallest absolute Gasteiger partial charge is 0.423 e. The highest BCUT2D eigenvalue weighted by atomic mass is 32.2. The Kier molecular flexibility index (Phi) is 2.35. The number of fused-ring (bicyclic) bond motifs is 3. The first-order valence-corrected chi connectivity index (χ1v) is 6.85. The van der Waals surface area contributed by atoms with E-state index in [0.29, 0.717) is 11.1 Å². The van der Waals surface area contributed by atoms with Gasteiger partial charge in [0, 0.05) is 16.6 Å². The van der Waals surface area contributed by atoms with Gasteiger partial charge < -0.3 is 10.0 Å². The fourth-order valence-electron chi connectivity index (χ4n) is 2.30. The monoisotopic (exact) mass is 260 g/mol. The number of benzene rings is 2. The van der Waals surface area contributed by atoms with Crippen LogP contribution >= 0.6 is 0 Å². The maximum Gasteiger partial charge on any atom is 0.489 e. The van der Waals surface area contributed by atoms with E-state index in [1.165, 1.54) is 12.1 Å². The second-order valence-electron chi connectivity index (χ2n) is 4.10. The van der Waals surface area contributed by atoms with Crippen LogP contribution in [0.1, 0.15) is 0 Å². The minimum absolute atomic E-state index is 0.00111. The molecule has 1 aliphatic rings. The molecule has 18 heavy (non-hydrogen) atoms. The molecule has 0 atom stereocenters. The van der Waals surface area contributed by atoms with Crippen molar-refractivity contribution >= 4 is 22.4 Å². The number of hydrogen-bond donors (Lipinski definition) is 2. The highest BCUT2D eigenvalue weighted by Gasteiger charge is 2.36. The molecule has 2 aromatic rings. The summed E-state index contributed by atoms with van der Waals surface area (Å²) in [6.07, 6.45) is 0. The van der Waals surface area contributed by atoms with Crippen LogP contribution in [0.2, 0.25) is 0 Å². The predicted molar refractivity (Wildman–Crippen MR) is 67.2 cm³/mol. The lowest BCUT2D eigenvalue weighted by molar-refractivity contribution is 0.424. The molecule has 2 N–H and O–H groups in total. The molecule has 0 saturated carbocycles. The summed E-state index contributed by atoms with van der Waals surface area (Å²) in [4.78, 5) is 0.217. The van der Waals surface area contributed by atoms with Gasteiger partial charge in [0.25, 0.3) is 0 Å². The van der Waals surface area contributed by atoms with Crippen LogP contribution in [0.25, 0.3) is 11.1 Å². The lowest BCUT2D eigenvalue weighted by atomic mass is 9.79. The van der Waals surface area contributed by atoms with Gasteiger partial charge in [-0.1, -0.05) is 36.4 Å². The SMILES string of the molecule is O=S1(=O)c2ccccc2-c2cccc(B(O)O)c21. The first kappa shape index (κ1) is 11.5. The maximum absolute atomic E-state index is 12.4. The summed E-state index contributed by atoms with van der Waals surface area (Å²) < 4.78 is 24.8. The standard InChI is InChI=1S/C12H9BO4S/c14-13(15)10-6-3-5-9-8-4-1-2-7-11(8)18(16,17)12(9)10/h1-7,14-15H. The quantitative estimate of drug-likeness (QED) is 0.612. The summed E-state index contributed by atoms with van der Waals surface area (Å²) in [6, 6.07) is 11.3. The Morgan fingerprint density at radius 2 is 1.56 bits per heavy atom. The van der Waals surface area contributed by atoms with Crippen LogP contribution in [-0.2, 0) is 9.84 Å². The fraction of sp³-hybridized carbons (Fsp3) is 0. The summed E-state index contributed by atoms with van der Waals surface area (Å²) in [6.45, 7) is 0. The molecule has 0 aromatic heterocycles. The topological polar surface area (TPSA) is 74.6 Å². The number of hydrogen-bond acceptors (Lipinski definition) is 4. The Morgan fingerprint density at radius 3 is 2.28 bits per heavy atom. The molecule has 0 bridgehead atoms. The fourth-order valence-corrected chi connectivity index (χ4v) is 4.20. The van der Waals surface area contributed by atoms with Gasteiger partial charge in [-0.25, -0.2) is 8.42 Å². The first-order chi connectivity index (χ1) is 8.53. The second kappa shape index (κ2) is 3.68. The number of sulfone groups is 1. The maximum atomic E-state index is 12.4. The van der Waals surface area contributed by atoms with Crippen LogP contribution in [0.3, 0.4) is 0 Å². The molecule has 1 aliphatic heterocycles. The van der Waals surface area contributed by atoms with Gasteiger partial charge >= 0.3 is 7.12 Å². The van der Waals surface area contributed by atoms with Gasteiger partial charge in [0.05, 0.1) is 9.79 Å². The summed E-state index contributed by atoms with van der Waals surface area (Å²) in [5.41, 5.74) is 1.15. The average Bonchev–Trinajstić information content (AvgIpc) is 2.60. The molecule has 0 saturated heterocycles. The molecule has 6 heteroatoms. The highest BCUT2D eigenvalue weighted by molar-refractivity contribution is 7.92. The van der Waals surface area contributed by atoms with Crippen LogP contribution in [0.4, 0.5) is 0 Å². The average molecular weight is 260 g/mol. The molecule has 0 fully saturated rings. The number of rotatable bonds is 1. The molecule has 4 nitrogen and oxygen atoms in total. The Bertz CT molecular complexity index is 737. The van der Waals surface area contributed by atoms with Gasteiger partial charge in [-0.2, -0.15) is 0 Å². The molecule has 0 unspecified atom stereocenters. The van der Waals surface area contributed by atoms with Crippen molar-refractivity contribution in [1.82, 2.24) is 0 Å². The minimum atomic E-state index is -3.66. The van der Waals surface area contributed by atoms with Crippen LogP contribution in [0, 0.1) is 0 Å². The van der Waals surface area contributed by atoms with Crippen molar-refractivity contribution in [3.05, 3.63) is 42.5 Å². The van der Waals surface area contributed by atoms with E-state index in [9.17, 15) is 18.5 Å². The molecule has 0 spiro atoms. The Balaban J connectivity index is 2.46. The minimum Gasteiger partial charge on any atom is -0.423 e. The van der Waals surface area contributed by atoms with Crippen molar-refractivity contribution in [2.45, 2.75) is 9.79 Å². The summed E-state index contributed by atoms with van der Waals surface area (Å²) >= 11 is 0. The van der Waals surface area contributed by atoms with Crippen molar-refractivity contribution < 1.29 is 18.5 Å². The normalized spacial score (nSPS) is 15.0. The van der Waals surface area contributed by atoms with E-state index in [2.05, 4.69) is 0 Å². The van der Waals surface area contributed by atoms with Gasteiger partial charge in [-0.15, -0.1) is 0 Å². The lowest BCUT2D eigenvalue weighted by Gasteiger charge is -2.06. The highest BCUT2D eigenvalue weighted by Crippen LogP contribution is 2.41. The van der Waals surface area contributed by atoms with E-state index in [-0.39, 0.29) is 15.3 Å². The summed E-state index contributed by atoms with van der Waals surface area (Å²) in [7, 11) is -5.46. The van der Waals surface area contributed by atoms with Gasteiger partial charge in [0.15, 0.2) is 0 Å². The van der Waals surface area contributed by atoms with Crippen molar-refractivity contribution in [3.8, 4) is 11.1 Å². The molecule has 1 heterocycles. The Hall–Kier alpha value is -1.63. The molecule has 3 rings (SSSR count). The zero-order chi connectivity index (χ0) is 12.9. The second-order valence-corrected chi connectivity index (χ2v) is 5.95. The van der Waals surface area contributed by atoms with Gasteiger partial charge in [-0.05, 0) is 6.07 Å². The van der Waals surface area contributed by atoms with E-state index in [4.69, 9.17) is 0 Å². The Morgan fingerprint density at radius 1 is 0.889 bits per heavy atom. The van der Waals surface area contributed by atoms with E-state index < -0.39 is 17.0 Å². The van der Waals surface area contributed by atoms with Crippen LogP contribution in [-0.4, -0.2) is 25.6 Å². The van der Waals surface area contributed by atoms with Crippen molar-refractivity contribution in [2.24, 2.45) is 0 Å². The van der Waals surface area contributed by atoms with Crippen molar-refractivity contribution in [3.63, 3.8) is 0 Å². The Labute approximate surface area is 105 Å². The summed E-state index contributed by atoms with van der Waals surface area (Å²) in [5, 5.41) is 18.6. The molecule has 0 amide bonds. The van der Waals surface area contributed by atoms with Gasteiger partial charge in [0.2, 0.25) is 9.84 Å². The van der Waals surface area contributed by atoms with Crippen molar-refractivity contribution in [1.29, 1.82) is 0 Å². The molecular weight excluding hydrogens is 251 g/mol. The van der Waals surface area contributed by atoms with Gasteiger partial charge in [0.1, 0.15) is 0 Å². The zero-order valence-electron chi connectivity index (χ0n) is 9.24. The largest absolute Gasteiger partial charge is 0.489 e. The third-order valence-corrected chi connectivity index (χ3v) is 4.99. The van der Waals surface area contributed by atoms with E-state index in [1.807, 2.05) is 0 Å². The van der Waals surface area contributed by atoms with E-state index in [0.717, 1.165) is 0 Å². The third kappa shape index (κ3) is 1.37.